The number of carbonyl (C=O) groups excluding carboxylic acids is 1. The lowest BCUT2D eigenvalue weighted by atomic mass is 10.2. The summed E-state index contributed by atoms with van der Waals surface area (Å²) in [6.07, 6.45) is 1.25. The molecule has 16 heavy (non-hydrogen) atoms. The van der Waals surface area contributed by atoms with Gasteiger partial charge in [0.1, 0.15) is 6.04 Å². The Kier molecular flexibility index (Phi) is 3.47. The van der Waals surface area contributed by atoms with Crippen LogP contribution in [0.15, 0.2) is 10.8 Å². The van der Waals surface area contributed by atoms with Crippen LogP contribution in [-0.4, -0.2) is 53.9 Å². The number of ether oxygens (including phenoxy) is 1. The largest absolute Gasteiger partial charge is 0.426 e. The number of aromatic nitrogens is 2. The van der Waals surface area contributed by atoms with Crippen molar-refractivity contribution in [1.82, 2.24) is 20.4 Å². The Bertz CT molecular complexity index is 341. The third kappa shape index (κ3) is 2.37. The maximum absolute atomic E-state index is 12.0. The third-order valence-electron chi connectivity index (χ3n) is 2.48. The first-order valence-electron chi connectivity index (χ1n) is 5.10. The normalized spacial score (nSPS) is 22.2. The molecule has 88 valence electrons. The van der Waals surface area contributed by atoms with Gasteiger partial charge in [-0.15, -0.1) is 10.2 Å². The molecule has 0 saturated carbocycles. The quantitative estimate of drug-likeness (QED) is 0.713. The molecule has 1 aromatic heterocycles. The van der Waals surface area contributed by atoms with Gasteiger partial charge in [0.15, 0.2) is 0 Å². The molecule has 1 atom stereocenters. The van der Waals surface area contributed by atoms with E-state index in [1.165, 1.54) is 6.39 Å². The SMILES string of the molecule is CNC1COCCN(Cc2nnco2)C1=O. The van der Waals surface area contributed by atoms with Crippen molar-refractivity contribution in [2.24, 2.45) is 0 Å². The average molecular weight is 226 g/mol. The smallest absolute Gasteiger partial charge is 0.242 e. The molecule has 0 radical (unpaired) electrons. The van der Waals surface area contributed by atoms with Gasteiger partial charge < -0.3 is 19.4 Å². The summed E-state index contributed by atoms with van der Waals surface area (Å²) in [5.41, 5.74) is 0. The van der Waals surface area contributed by atoms with E-state index in [2.05, 4.69) is 15.5 Å². The number of likely N-dealkylation sites (N-methyl/N-ethyl adjacent to an activating group) is 1. The van der Waals surface area contributed by atoms with Gasteiger partial charge in [-0.3, -0.25) is 4.79 Å². The zero-order chi connectivity index (χ0) is 11.4. The van der Waals surface area contributed by atoms with Gasteiger partial charge in [0.25, 0.3) is 0 Å². The van der Waals surface area contributed by atoms with Gasteiger partial charge in [0.2, 0.25) is 18.2 Å². The molecular weight excluding hydrogens is 212 g/mol. The van der Waals surface area contributed by atoms with Gasteiger partial charge >= 0.3 is 0 Å². The molecule has 1 aliphatic heterocycles. The minimum absolute atomic E-state index is 0.00167. The van der Waals surface area contributed by atoms with E-state index in [1.807, 2.05) is 0 Å². The molecule has 1 aliphatic rings. The lowest BCUT2D eigenvalue weighted by Gasteiger charge is -2.21. The fraction of sp³-hybridized carbons (Fsp3) is 0.667. The number of rotatable bonds is 3. The topological polar surface area (TPSA) is 80.5 Å². The number of hydrogen-bond donors (Lipinski definition) is 1. The molecule has 0 aromatic carbocycles. The van der Waals surface area contributed by atoms with E-state index < -0.39 is 0 Å². The van der Waals surface area contributed by atoms with Crippen LogP contribution in [0.3, 0.4) is 0 Å². The molecule has 1 unspecified atom stereocenters. The van der Waals surface area contributed by atoms with E-state index in [0.717, 1.165) is 0 Å². The predicted octanol–water partition coefficient (Wildman–Crippen LogP) is -0.984. The summed E-state index contributed by atoms with van der Waals surface area (Å²) in [5.74, 6) is 0.434. The highest BCUT2D eigenvalue weighted by molar-refractivity contribution is 5.82. The van der Waals surface area contributed by atoms with Crippen LogP contribution in [0.5, 0.6) is 0 Å². The maximum atomic E-state index is 12.0. The summed E-state index contributed by atoms with van der Waals surface area (Å²) >= 11 is 0. The fourth-order valence-electron chi connectivity index (χ4n) is 1.57. The monoisotopic (exact) mass is 226 g/mol. The molecule has 7 heteroatoms. The summed E-state index contributed by atoms with van der Waals surface area (Å²) in [6, 6.07) is -0.301. The molecule has 1 aromatic rings. The van der Waals surface area contributed by atoms with Crippen LogP contribution in [0.2, 0.25) is 0 Å². The van der Waals surface area contributed by atoms with Crippen LogP contribution >= 0.6 is 0 Å². The summed E-state index contributed by atoms with van der Waals surface area (Å²) in [5, 5.41) is 10.2. The molecular formula is C9H14N4O3. The Morgan fingerprint density at radius 1 is 1.69 bits per heavy atom. The number of amides is 1. The Balaban J connectivity index is 2.04. The molecule has 7 nitrogen and oxygen atoms in total. The first kappa shape index (κ1) is 11.0. The molecule has 0 spiro atoms. The van der Waals surface area contributed by atoms with Crippen molar-refractivity contribution >= 4 is 5.91 Å². The second-order valence-corrected chi connectivity index (χ2v) is 3.51. The van der Waals surface area contributed by atoms with Crippen LogP contribution in [0.1, 0.15) is 5.89 Å². The van der Waals surface area contributed by atoms with Crippen molar-refractivity contribution in [3.05, 3.63) is 12.3 Å². The Labute approximate surface area is 92.8 Å². The summed E-state index contributed by atoms with van der Waals surface area (Å²) < 4.78 is 10.3. The minimum atomic E-state index is -0.301. The van der Waals surface area contributed by atoms with Gasteiger partial charge in [0.05, 0.1) is 19.8 Å². The highest BCUT2D eigenvalue weighted by atomic mass is 16.5. The van der Waals surface area contributed by atoms with Crippen LogP contribution < -0.4 is 5.32 Å². The van der Waals surface area contributed by atoms with Crippen molar-refractivity contribution < 1.29 is 13.9 Å². The van der Waals surface area contributed by atoms with E-state index >= 15 is 0 Å². The van der Waals surface area contributed by atoms with Crippen LogP contribution in [-0.2, 0) is 16.1 Å². The Hall–Kier alpha value is -1.47. The van der Waals surface area contributed by atoms with Crippen molar-refractivity contribution in [3.8, 4) is 0 Å². The van der Waals surface area contributed by atoms with Gasteiger partial charge in [0, 0.05) is 6.54 Å². The molecule has 1 N–H and O–H groups in total. The first-order valence-corrected chi connectivity index (χ1v) is 5.10. The van der Waals surface area contributed by atoms with Crippen molar-refractivity contribution in [1.29, 1.82) is 0 Å². The summed E-state index contributed by atoms with van der Waals surface area (Å²) in [6.45, 7) is 1.80. The minimum Gasteiger partial charge on any atom is -0.426 e. The second kappa shape index (κ2) is 5.04. The maximum Gasteiger partial charge on any atom is 0.242 e. The lowest BCUT2D eigenvalue weighted by molar-refractivity contribution is -0.133. The number of nitrogens with zero attached hydrogens (tertiary/aromatic N) is 3. The zero-order valence-electron chi connectivity index (χ0n) is 9.05. The molecule has 0 aliphatic carbocycles. The fourth-order valence-corrected chi connectivity index (χ4v) is 1.57. The van der Waals surface area contributed by atoms with E-state index in [4.69, 9.17) is 9.15 Å². The summed E-state index contributed by atoms with van der Waals surface area (Å²) in [4.78, 5) is 13.7. The molecule has 2 heterocycles. The average Bonchev–Trinajstić information content (AvgIpc) is 2.73. The van der Waals surface area contributed by atoms with Gasteiger partial charge in [-0.2, -0.15) is 0 Å². The van der Waals surface area contributed by atoms with E-state index in [-0.39, 0.29) is 11.9 Å². The number of carbonyl (C=O) groups is 1. The Morgan fingerprint density at radius 2 is 2.56 bits per heavy atom. The van der Waals surface area contributed by atoms with Crippen LogP contribution in [0, 0.1) is 0 Å². The Morgan fingerprint density at radius 3 is 3.25 bits per heavy atom. The van der Waals surface area contributed by atoms with Gasteiger partial charge in [-0.1, -0.05) is 0 Å². The highest BCUT2D eigenvalue weighted by Crippen LogP contribution is 2.06. The molecule has 0 bridgehead atoms. The van der Waals surface area contributed by atoms with Gasteiger partial charge in [-0.25, -0.2) is 0 Å². The van der Waals surface area contributed by atoms with E-state index in [1.54, 1.807) is 11.9 Å². The summed E-state index contributed by atoms with van der Waals surface area (Å²) in [7, 11) is 1.74. The van der Waals surface area contributed by atoms with E-state index in [9.17, 15) is 4.79 Å². The van der Waals surface area contributed by atoms with Gasteiger partial charge in [-0.05, 0) is 7.05 Å². The van der Waals surface area contributed by atoms with Crippen molar-refractivity contribution in [3.63, 3.8) is 0 Å². The zero-order valence-corrected chi connectivity index (χ0v) is 9.05. The standard InChI is InChI=1S/C9H14N4O3/c1-10-7-5-15-3-2-13(9(7)14)4-8-12-11-6-16-8/h6-7,10H,2-5H2,1H3. The lowest BCUT2D eigenvalue weighted by Crippen LogP contribution is -2.45. The second-order valence-electron chi connectivity index (χ2n) is 3.51. The molecule has 1 fully saturated rings. The molecule has 1 saturated heterocycles. The molecule has 2 rings (SSSR count). The predicted molar refractivity (Wildman–Crippen MR) is 53.4 cm³/mol. The highest BCUT2D eigenvalue weighted by Gasteiger charge is 2.27. The van der Waals surface area contributed by atoms with Crippen molar-refractivity contribution in [2.75, 3.05) is 26.8 Å². The van der Waals surface area contributed by atoms with Crippen molar-refractivity contribution in [2.45, 2.75) is 12.6 Å². The van der Waals surface area contributed by atoms with E-state index in [0.29, 0.717) is 32.2 Å². The molecule has 1 amide bonds. The number of hydrogen-bond acceptors (Lipinski definition) is 6. The van der Waals surface area contributed by atoms with Crippen LogP contribution in [0.4, 0.5) is 0 Å². The van der Waals surface area contributed by atoms with Crippen LogP contribution in [0.25, 0.3) is 0 Å². The first-order chi connectivity index (χ1) is 7.81. The number of nitrogens with one attached hydrogen (secondary N) is 1. The third-order valence-corrected chi connectivity index (χ3v) is 2.48.